The van der Waals surface area contributed by atoms with Crippen molar-refractivity contribution in [2.45, 2.75) is 110 Å². The van der Waals surface area contributed by atoms with E-state index in [9.17, 15) is 19.5 Å². The van der Waals surface area contributed by atoms with Crippen molar-refractivity contribution in [2.75, 3.05) is 11.9 Å². The quantitative estimate of drug-likeness (QED) is 0.111. The van der Waals surface area contributed by atoms with Gasteiger partial charge < -0.3 is 15.2 Å². The van der Waals surface area contributed by atoms with Crippen LogP contribution in [0.4, 0.5) is 9.80 Å². The van der Waals surface area contributed by atoms with Crippen molar-refractivity contribution in [2.24, 2.45) is 0 Å². The van der Waals surface area contributed by atoms with Crippen molar-refractivity contribution >= 4 is 34.3 Å². The van der Waals surface area contributed by atoms with E-state index in [0.717, 1.165) is 36.2 Å². The average Bonchev–Trinajstić information content (AvgIpc) is 3.25. The monoisotopic (exact) mass is 558 g/mol. The number of rotatable bonds is 20. The van der Waals surface area contributed by atoms with Crippen LogP contribution in [-0.4, -0.2) is 29.6 Å². The number of urea groups is 1. The number of carbonyl (C=O) groups is 3. The van der Waals surface area contributed by atoms with E-state index in [1.54, 1.807) is 6.92 Å². The molecule has 2 aromatic rings. The SMILES string of the molecule is CCCCCCCCCCCCCCCCNC(=O)Nc1sc(C(=O)OCc2ccccc2)c(C)c1C(=O)O. The Bertz CT molecular complexity index is 1010. The number of benzene rings is 1. The van der Waals surface area contributed by atoms with E-state index in [4.69, 9.17) is 4.74 Å². The Morgan fingerprint density at radius 2 is 1.36 bits per heavy atom. The zero-order chi connectivity index (χ0) is 28.3. The predicted octanol–water partition coefficient (Wildman–Crippen LogP) is 8.71. The van der Waals surface area contributed by atoms with Gasteiger partial charge in [0, 0.05) is 6.54 Å². The molecule has 3 N–H and O–H groups in total. The third-order valence-corrected chi connectivity index (χ3v) is 7.99. The fourth-order valence-corrected chi connectivity index (χ4v) is 5.60. The molecule has 0 fully saturated rings. The Morgan fingerprint density at radius 1 is 0.821 bits per heavy atom. The van der Waals surface area contributed by atoms with E-state index >= 15 is 0 Å². The van der Waals surface area contributed by atoms with E-state index in [2.05, 4.69) is 17.6 Å². The third kappa shape index (κ3) is 12.7. The lowest BCUT2D eigenvalue weighted by Crippen LogP contribution is -2.29. The summed E-state index contributed by atoms with van der Waals surface area (Å²) in [5.74, 6) is -1.81. The first kappa shape index (κ1) is 32.3. The van der Waals surface area contributed by atoms with E-state index in [0.29, 0.717) is 6.54 Å². The molecule has 0 aliphatic heterocycles. The second kappa shape index (κ2) is 19.2. The Morgan fingerprint density at radius 3 is 1.90 bits per heavy atom. The maximum absolute atomic E-state index is 12.6. The Labute approximate surface area is 237 Å². The van der Waals surface area contributed by atoms with Gasteiger partial charge in [0.15, 0.2) is 0 Å². The number of unbranched alkanes of at least 4 members (excludes halogenated alkanes) is 13. The van der Waals surface area contributed by atoms with Crippen LogP contribution in [0.15, 0.2) is 30.3 Å². The molecule has 7 nitrogen and oxygen atoms in total. The fourth-order valence-electron chi connectivity index (χ4n) is 4.51. The standard InChI is InChI=1S/C31H46N2O5S/c1-3-4-5-6-7-8-9-10-11-12-13-14-15-19-22-32-31(37)33-28-26(29(34)35)24(2)27(39-28)30(36)38-23-25-20-17-16-18-21-25/h16-18,20-21H,3-15,19,22-23H2,1-2H3,(H,34,35)(H2,32,33,37). The lowest BCUT2D eigenvalue weighted by atomic mass is 10.0. The molecule has 0 saturated carbocycles. The molecule has 1 heterocycles. The first-order valence-electron chi connectivity index (χ1n) is 14.6. The van der Waals surface area contributed by atoms with Crippen LogP contribution in [0.1, 0.15) is 128 Å². The van der Waals surface area contributed by atoms with E-state index in [1.165, 1.54) is 70.6 Å². The van der Waals surface area contributed by atoms with Crippen LogP contribution in [0, 0.1) is 6.92 Å². The van der Waals surface area contributed by atoms with Gasteiger partial charge in [0.05, 0.1) is 5.56 Å². The number of hydrogen-bond donors (Lipinski definition) is 3. The van der Waals surface area contributed by atoms with Crippen molar-refractivity contribution in [1.29, 1.82) is 0 Å². The summed E-state index contributed by atoms with van der Waals surface area (Å²) in [4.78, 5) is 37.0. The van der Waals surface area contributed by atoms with E-state index in [1.807, 2.05) is 30.3 Å². The van der Waals surface area contributed by atoms with E-state index < -0.39 is 18.0 Å². The Hall–Kier alpha value is -2.87. The maximum atomic E-state index is 12.6. The molecule has 0 aliphatic rings. The second-order valence-corrected chi connectivity index (χ2v) is 11.1. The van der Waals surface area contributed by atoms with Gasteiger partial charge in [-0.1, -0.05) is 121 Å². The van der Waals surface area contributed by atoms with Crippen LogP contribution in [-0.2, 0) is 11.3 Å². The lowest BCUT2D eigenvalue weighted by molar-refractivity contribution is 0.0477. The minimum atomic E-state index is -1.20. The van der Waals surface area contributed by atoms with Crippen LogP contribution in [0.25, 0.3) is 0 Å². The number of aromatic carboxylic acids is 1. The highest BCUT2D eigenvalue weighted by Crippen LogP contribution is 2.33. The van der Waals surface area contributed by atoms with Gasteiger partial charge in [-0.05, 0) is 24.5 Å². The molecule has 0 bridgehead atoms. The van der Waals surface area contributed by atoms with Crippen molar-refractivity contribution in [3.63, 3.8) is 0 Å². The smallest absolute Gasteiger partial charge is 0.349 e. The Balaban J connectivity index is 1.63. The number of esters is 1. The van der Waals surface area contributed by atoms with Gasteiger partial charge in [-0.2, -0.15) is 0 Å². The summed E-state index contributed by atoms with van der Waals surface area (Å²) in [6.45, 7) is 4.41. The number of hydrogen-bond acceptors (Lipinski definition) is 5. The molecule has 8 heteroatoms. The van der Waals surface area contributed by atoms with Gasteiger partial charge in [-0.3, -0.25) is 5.32 Å². The van der Waals surface area contributed by atoms with Crippen LogP contribution >= 0.6 is 11.3 Å². The number of amides is 2. The number of carbonyl (C=O) groups excluding carboxylic acids is 2. The lowest BCUT2D eigenvalue weighted by Gasteiger charge is -2.07. The molecule has 216 valence electrons. The highest BCUT2D eigenvalue weighted by atomic mass is 32.1. The van der Waals surface area contributed by atoms with Gasteiger partial charge in [0.1, 0.15) is 16.5 Å². The number of thiophene rings is 1. The maximum Gasteiger partial charge on any atom is 0.349 e. The summed E-state index contributed by atoms with van der Waals surface area (Å²) in [5.41, 5.74) is 1.03. The van der Waals surface area contributed by atoms with Gasteiger partial charge in [0.2, 0.25) is 0 Å². The van der Waals surface area contributed by atoms with Crippen molar-refractivity contribution in [1.82, 2.24) is 5.32 Å². The normalized spacial score (nSPS) is 10.8. The van der Waals surface area contributed by atoms with Gasteiger partial charge >= 0.3 is 18.0 Å². The summed E-state index contributed by atoms with van der Waals surface area (Å²) in [5, 5.41) is 15.2. The zero-order valence-corrected chi connectivity index (χ0v) is 24.5. The summed E-state index contributed by atoms with van der Waals surface area (Å²) in [6, 6.07) is 8.77. The third-order valence-electron chi connectivity index (χ3n) is 6.80. The minimum absolute atomic E-state index is 0.0849. The molecule has 0 unspecified atom stereocenters. The van der Waals surface area contributed by atoms with Crippen molar-refractivity contribution in [3.05, 3.63) is 51.9 Å². The number of carboxylic acid groups (broad SMARTS) is 1. The predicted molar refractivity (Wildman–Crippen MR) is 159 cm³/mol. The Kier molecular flexibility index (Phi) is 15.9. The minimum Gasteiger partial charge on any atom is -0.478 e. The molecular weight excluding hydrogens is 512 g/mol. The highest BCUT2D eigenvalue weighted by molar-refractivity contribution is 7.18. The molecule has 39 heavy (non-hydrogen) atoms. The van der Waals surface area contributed by atoms with E-state index in [-0.39, 0.29) is 27.6 Å². The van der Waals surface area contributed by atoms with Gasteiger partial charge in [0.25, 0.3) is 0 Å². The van der Waals surface area contributed by atoms with Gasteiger partial charge in [-0.25, -0.2) is 14.4 Å². The summed E-state index contributed by atoms with van der Waals surface area (Å²) < 4.78 is 5.36. The molecule has 2 rings (SSSR count). The fraction of sp³-hybridized carbons (Fsp3) is 0.581. The van der Waals surface area contributed by atoms with Crippen molar-refractivity contribution < 1.29 is 24.2 Å². The molecule has 2 amide bonds. The first-order chi connectivity index (χ1) is 18.9. The van der Waals surface area contributed by atoms with Gasteiger partial charge in [-0.15, -0.1) is 11.3 Å². The molecule has 0 spiro atoms. The molecule has 1 aromatic carbocycles. The number of ether oxygens (including phenoxy) is 1. The van der Waals surface area contributed by atoms with Crippen LogP contribution in [0.3, 0.4) is 0 Å². The number of anilines is 1. The zero-order valence-electron chi connectivity index (χ0n) is 23.7. The molecule has 0 aliphatic carbocycles. The topological polar surface area (TPSA) is 105 Å². The summed E-state index contributed by atoms with van der Waals surface area (Å²) >= 11 is 0.923. The van der Waals surface area contributed by atoms with Crippen molar-refractivity contribution in [3.8, 4) is 0 Å². The average molecular weight is 559 g/mol. The largest absolute Gasteiger partial charge is 0.478 e. The number of nitrogens with one attached hydrogen (secondary N) is 2. The molecule has 1 aromatic heterocycles. The molecule has 0 saturated heterocycles. The highest BCUT2D eigenvalue weighted by Gasteiger charge is 2.26. The molecule has 0 radical (unpaired) electrons. The van der Waals surface area contributed by atoms with Crippen LogP contribution in [0.2, 0.25) is 0 Å². The summed E-state index contributed by atoms with van der Waals surface area (Å²) in [7, 11) is 0. The molecular formula is C31H46N2O5S. The second-order valence-electron chi connectivity index (χ2n) is 10.1. The molecule has 0 atom stereocenters. The first-order valence-corrected chi connectivity index (χ1v) is 15.4. The van der Waals surface area contributed by atoms with Crippen LogP contribution in [0.5, 0.6) is 0 Å². The summed E-state index contributed by atoms with van der Waals surface area (Å²) in [6.07, 6.45) is 17.8. The number of carboxylic acids is 1. The van der Waals surface area contributed by atoms with Crippen LogP contribution < -0.4 is 10.6 Å².